The second-order valence-electron chi connectivity index (χ2n) is 5.53. The Bertz CT molecular complexity index is 402. The van der Waals surface area contributed by atoms with Gasteiger partial charge in [-0.05, 0) is 45.8 Å². The van der Waals surface area contributed by atoms with E-state index < -0.39 is 0 Å². The number of hydrogen-bond donors (Lipinski definition) is 1. The number of hydrogen-bond acceptors (Lipinski definition) is 3. The molecule has 0 amide bonds. The quantitative estimate of drug-likeness (QED) is 0.827. The fraction of sp³-hybridized carbons (Fsp3) is 0.647. The molecule has 0 bridgehead atoms. The van der Waals surface area contributed by atoms with Gasteiger partial charge in [-0.15, -0.1) is 0 Å². The van der Waals surface area contributed by atoms with Gasteiger partial charge in [-0.2, -0.15) is 0 Å². The Hall–Kier alpha value is -1.06. The maximum Gasteiger partial charge on any atom is 0.124 e. The van der Waals surface area contributed by atoms with Crippen LogP contribution in [0.4, 0.5) is 0 Å². The molecule has 2 rings (SSSR count). The summed E-state index contributed by atoms with van der Waals surface area (Å²) >= 11 is 0. The van der Waals surface area contributed by atoms with Crippen LogP contribution in [0.25, 0.3) is 0 Å². The van der Waals surface area contributed by atoms with E-state index in [4.69, 9.17) is 4.74 Å². The van der Waals surface area contributed by atoms with E-state index >= 15 is 0 Å². The highest BCUT2D eigenvalue weighted by Gasteiger charge is 2.22. The highest BCUT2D eigenvalue weighted by Crippen LogP contribution is 2.29. The third kappa shape index (κ3) is 3.74. The van der Waals surface area contributed by atoms with Gasteiger partial charge in [0.1, 0.15) is 5.75 Å². The largest absolute Gasteiger partial charge is 0.494 e. The maximum absolute atomic E-state index is 5.78. The molecular formula is C17H28N2O. The molecule has 2 unspecified atom stereocenters. The molecule has 3 heteroatoms. The molecular weight excluding hydrogens is 248 g/mol. The van der Waals surface area contributed by atoms with Gasteiger partial charge in [0.05, 0.1) is 6.61 Å². The fourth-order valence-electron chi connectivity index (χ4n) is 3.07. The third-order valence-corrected chi connectivity index (χ3v) is 4.24. The summed E-state index contributed by atoms with van der Waals surface area (Å²) in [6.45, 7) is 10.7. The maximum atomic E-state index is 5.78. The van der Waals surface area contributed by atoms with Crippen LogP contribution in [-0.2, 0) is 0 Å². The lowest BCUT2D eigenvalue weighted by Gasteiger charge is -2.31. The molecule has 1 heterocycles. The molecule has 1 saturated heterocycles. The molecule has 0 spiro atoms. The van der Waals surface area contributed by atoms with E-state index in [9.17, 15) is 0 Å². The minimum absolute atomic E-state index is 0.394. The summed E-state index contributed by atoms with van der Waals surface area (Å²) in [6, 6.07) is 9.48. The van der Waals surface area contributed by atoms with Gasteiger partial charge in [-0.25, -0.2) is 0 Å². The summed E-state index contributed by atoms with van der Waals surface area (Å²) in [7, 11) is 0. The molecule has 0 radical (unpaired) electrons. The second kappa shape index (κ2) is 7.65. The number of likely N-dealkylation sites (N-methyl/N-ethyl adjacent to an activating group) is 1. The van der Waals surface area contributed by atoms with Crippen molar-refractivity contribution in [1.29, 1.82) is 0 Å². The average Bonchev–Trinajstić information content (AvgIpc) is 2.98. The molecule has 20 heavy (non-hydrogen) atoms. The molecule has 0 saturated carbocycles. The lowest BCUT2D eigenvalue weighted by molar-refractivity contribution is 0.197. The molecule has 2 atom stereocenters. The van der Waals surface area contributed by atoms with Crippen LogP contribution < -0.4 is 10.1 Å². The first-order valence-electron chi connectivity index (χ1n) is 7.95. The summed E-state index contributed by atoms with van der Waals surface area (Å²) in [4.78, 5) is 2.54. The number of rotatable bonds is 7. The van der Waals surface area contributed by atoms with Crippen LogP contribution in [0.1, 0.15) is 45.2 Å². The van der Waals surface area contributed by atoms with Crippen molar-refractivity contribution in [2.75, 3.05) is 26.2 Å². The van der Waals surface area contributed by atoms with Crippen molar-refractivity contribution in [3.05, 3.63) is 29.8 Å². The number of para-hydroxylation sites is 1. The Morgan fingerprint density at radius 3 is 2.80 bits per heavy atom. The number of nitrogens with one attached hydrogen (secondary N) is 1. The normalized spacial score (nSPS) is 20.3. The highest BCUT2D eigenvalue weighted by molar-refractivity contribution is 5.35. The van der Waals surface area contributed by atoms with Gasteiger partial charge in [-0.3, -0.25) is 4.90 Å². The molecule has 0 aromatic heterocycles. The SMILES string of the molecule is CCOc1ccccc1C(C)N(CC)CC1CCCN1. The van der Waals surface area contributed by atoms with E-state index in [0.29, 0.717) is 12.1 Å². The van der Waals surface area contributed by atoms with E-state index in [0.717, 1.165) is 25.4 Å². The molecule has 1 N–H and O–H groups in total. The molecule has 0 aliphatic carbocycles. The van der Waals surface area contributed by atoms with Gasteiger partial charge in [0.25, 0.3) is 0 Å². The first-order chi connectivity index (χ1) is 9.76. The third-order valence-electron chi connectivity index (χ3n) is 4.24. The summed E-state index contributed by atoms with van der Waals surface area (Å²) < 4.78 is 5.78. The van der Waals surface area contributed by atoms with E-state index in [2.05, 4.69) is 48.3 Å². The number of nitrogens with zero attached hydrogens (tertiary/aromatic N) is 1. The van der Waals surface area contributed by atoms with E-state index in [1.54, 1.807) is 0 Å². The molecule has 1 aromatic carbocycles. The van der Waals surface area contributed by atoms with Crippen LogP contribution >= 0.6 is 0 Å². The fourth-order valence-corrected chi connectivity index (χ4v) is 3.07. The molecule has 1 aliphatic heterocycles. The molecule has 1 fully saturated rings. The van der Waals surface area contributed by atoms with Crippen molar-refractivity contribution < 1.29 is 4.74 Å². The van der Waals surface area contributed by atoms with Crippen LogP contribution in [0.2, 0.25) is 0 Å². The van der Waals surface area contributed by atoms with E-state index in [-0.39, 0.29) is 0 Å². The minimum atomic E-state index is 0.394. The first-order valence-corrected chi connectivity index (χ1v) is 7.95. The molecule has 1 aliphatic rings. The smallest absolute Gasteiger partial charge is 0.124 e. The van der Waals surface area contributed by atoms with Crippen LogP contribution in [0, 0.1) is 0 Å². The number of benzene rings is 1. The monoisotopic (exact) mass is 276 g/mol. The van der Waals surface area contributed by atoms with Crippen LogP contribution in [-0.4, -0.2) is 37.2 Å². The Morgan fingerprint density at radius 2 is 2.15 bits per heavy atom. The van der Waals surface area contributed by atoms with Crippen molar-refractivity contribution >= 4 is 0 Å². The van der Waals surface area contributed by atoms with Crippen molar-refractivity contribution in [3.8, 4) is 5.75 Å². The Balaban J connectivity index is 2.08. The van der Waals surface area contributed by atoms with Crippen molar-refractivity contribution in [1.82, 2.24) is 10.2 Å². The zero-order valence-corrected chi connectivity index (χ0v) is 13.1. The van der Waals surface area contributed by atoms with Gasteiger partial charge in [0.15, 0.2) is 0 Å². The summed E-state index contributed by atoms with van der Waals surface area (Å²) in [6.07, 6.45) is 2.61. The minimum Gasteiger partial charge on any atom is -0.494 e. The predicted octanol–water partition coefficient (Wildman–Crippen LogP) is 3.22. The Labute approximate surface area is 123 Å². The Morgan fingerprint density at radius 1 is 1.35 bits per heavy atom. The van der Waals surface area contributed by atoms with Gasteiger partial charge >= 0.3 is 0 Å². The average molecular weight is 276 g/mol. The number of ether oxygens (including phenoxy) is 1. The summed E-state index contributed by atoms with van der Waals surface area (Å²) in [5.41, 5.74) is 1.30. The first kappa shape index (κ1) is 15.3. The van der Waals surface area contributed by atoms with Gasteiger partial charge < -0.3 is 10.1 Å². The van der Waals surface area contributed by atoms with Gasteiger partial charge in [0.2, 0.25) is 0 Å². The topological polar surface area (TPSA) is 24.5 Å². The van der Waals surface area contributed by atoms with Gasteiger partial charge in [0, 0.05) is 24.2 Å². The Kier molecular flexibility index (Phi) is 5.86. The lowest BCUT2D eigenvalue weighted by atomic mass is 10.0. The molecule has 3 nitrogen and oxygen atoms in total. The van der Waals surface area contributed by atoms with Crippen LogP contribution in [0.5, 0.6) is 5.75 Å². The van der Waals surface area contributed by atoms with Crippen LogP contribution in [0.3, 0.4) is 0 Å². The van der Waals surface area contributed by atoms with Crippen molar-refractivity contribution in [3.63, 3.8) is 0 Å². The summed E-state index contributed by atoms with van der Waals surface area (Å²) in [5, 5.41) is 3.59. The lowest BCUT2D eigenvalue weighted by Crippen LogP contribution is -2.38. The molecule has 112 valence electrons. The zero-order chi connectivity index (χ0) is 14.4. The van der Waals surface area contributed by atoms with Crippen LogP contribution in [0.15, 0.2) is 24.3 Å². The van der Waals surface area contributed by atoms with Gasteiger partial charge in [-0.1, -0.05) is 25.1 Å². The standard InChI is InChI=1S/C17H28N2O/c1-4-19(13-15-9-8-12-18-15)14(3)16-10-6-7-11-17(16)20-5-2/h6-7,10-11,14-15,18H,4-5,8-9,12-13H2,1-3H3. The predicted molar refractivity (Wildman–Crippen MR) is 84.3 cm³/mol. The summed E-state index contributed by atoms with van der Waals surface area (Å²) in [5.74, 6) is 1.03. The zero-order valence-electron chi connectivity index (χ0n) is 13.1. The van der Waals surface area contributed by atoms with E-state index in [1.807, 2.05) is 6.92 Å². The van der Waals surface area contributed by atoms with Crippen molar-refractivity contribution in [2.45, 2.75) is 45.7 Å². The highest BCUT2D eigenvalue weighted by atomic mass is 16.5. The second-order valence-corrected chi connectivity index (χ2v) is 5.53. The van der Waals surface area contributed by atoms with Crippen molar-refractivity contribution in [2.24, 2.45) is 0 Å². The molecule has 1 aromatic rings. The van der Waals surface area contributed by atoms with E-state index in [1.165, 1.54) is 24.9 Å².